The van der Waals surface area contributed by atoms with Gasteiger partial charge >= 0.3 is 0 Å². The molecule has 13 rings (SSSR count). The molecule has 0 bridgehead atoms. The molecule has 324 valence electrons. The molecule has 0 spiro atoms. The van der Waals surface area contributed by atoms with Crippen molar-refractivity contribution in [3.8, 4) is 77.9 Å². The molecule has 0 aromatic heterocycles. The summed E-state index contributed by atoms with van der Waals surface area (Å²) in [5, 5.41) is 7.49. The minimum atomic E-state index is -0.318. The standard InChI is InChI=1S/C69H48/c1-2-69(54-28-20-27-49(44-54)46-21-6-3-7-22-46)65-36-19-18-31-58(65)59-38-37-50(45-66(59)69)67-60-32-14-16-34-62(60)68(63-35-17-15-33-61(63)67)64-40-39-55(56-29-12-13-30-57(56)64)53-42-51(47-23-8-4-9-24-47)41-52(43-53)48-25-10-5-11-26-48/h3-45H,2H2,1H3. The zero-order valence-electron chi connectivity index (χ0n) is 38.5. The fourth-order valence-electron chi connectivity index (χ4n) is 11.9. The number of hydrogen-bond donors (Lipinski definition) is 0. The maximum Gasteiger partial charge on any atom is 0.0461 e. The lowest BCUT2D eigenvalue weighted by Crippen LogP contribution is -2.26. The predicted octanol–water partition coefficient (Wildman–Crippen LogP) is 18.9. The highest BCUT2D eigenvalue weighted by molar-refractivity contribution is 6.24. The SMILES string of the molecule is CCC1(c2cccc(-c3ccccc3)c2)c2ccccc2-c2ccc(-c3c4ccccc4c(-c4ccc(-c5cc(-c6ccccc6)cc(-c6ccccc6)c5)c5ccccc45)c4ccccc34)cc21. The van der Waals surface area contributed by atoms with Gasteiger partial charge in [0.25, 0.3) is 0 Å². The lowest BCUT2D eigenvalue weighted by molar-refractivity contribution is 0.610. The van der Waals surface area contributed by atoms with E-state index in [1.807, 2.05) is 0 Å². The minimum Gasteiger partial charge on any atom is -0.0639 e. The van der Waals surface area contributed by atoms with Crippen LogP contribution in [-0.2, 0) is 5.41 Å². The van der Waals surface area contributed by atoms with Crippen molar-refractivity contribution in [2.24, 2.45) is 0 Å². The fraction of sp³-hybridized carbons (Fsp3) is 0.0435. The van der Waals surface area contributed by atoms with Crippen LogP contribution in [0.2, 0.25) is 0 Å². The average Bonchev–Trinajstić information content (AvgIpc) is 3.72. The summed E-state index contributed by atoms with van der Waals surface area (Å²) in [5.41, 5.74) is 21.2. The number of hydrogen-bond acceptors (Lipinski definition) is 0. The Morgan fingerprint density at radius 1 is 0.246 bits per heavy atom. The summed E-state index contributed by atoms with van der Waals surface area (Å²) in [6.45, 7) is 2.37. The van der Waals surface area contributed by atoms with Gasteiger partial charge in [-0.2, -0.15) is 0 Å². The smallest absolute Gasteiger partial charge is 0.0461 e. The molecule has 0 amide bonds. The molecular formula is C69H48. The van der Waals surface area contributed by atoms with Crippen molar-refractivity contribution < 1.29 is 0 Å². The molecule has 12 aromatic rings. The number of rotatable bonds is 8. The lowest BCUT2D eigenvalue weighted by Gasteiger charge is -2.32. The summed E-state index contributed by atoms with van der Waals surface area (Å²) >= 11 is 0. The van der Waals surface area contributed by atoms with E-state index in [-0.39, 0.29) is 5.41 Å². The van der Waals surface area contributed by atoms with E-state index in [1.165, 1.54) is 127 Å². The molecule has 1 aliphatic rings. The van der Waals surface area contributed by atoms with Crippen molar-refractivity contribution in [2.75, 3.05) is 0 Å². The van der Waals surface area contributed by atoms with Gasteiger partial charge < -0.3 is 0 Å². The Hall–Kier alpha value is -8.58. The molecule has 0 nitrogen and oxygen atoms in total. The average molecular weight is 877 g/mol. The Bertz CT molecular complexity index is 3800. The van der Waals surface area contributed by atoms with Crippen molar-refractivity contribution in [1.29, 1.82) is 0 Å². The molecule has 0 aliphatic heterocycles. The second-order valence-corrected chi connectivity index (χ2v) is 18.6. The third-order valence-electron chi connectivity index (χ3n) is 15.0. The van der Waals surface area contributed by atoms with Crippen LogP contribution in [0.3, 0.4) is 0 Å². The molecule has 0 N–H and O–H groups in total. The monoisotopic (exact) mass is 876 g/mol. The maximum atomic E-state index is 2.54. The van der Waals surface area contributed by atoms with Gasteiger partial charge in [0.1, 0.15) is 0 Å². The minimum absolute atomic E-state index is 0.318. The van der Waals surface area contributed by atoms with Crippen molar-refractivity contribution in [2.45, 2.75) is 18.8 Å². The molecule has 0 heterocycles. The van der Waals surface area contributed by atoms with E-state index in [2.05, 4.69) is 268 Å². The first-order valence-corrected chi connectivity index (χ1v) is 24.3. The van der Waals surface area contributed by atoms with Crippen molar-refractivity contribution in [1.82, 2.24) is 0 Å². The van der Waals surface area contributed by atoms with E-state index in [9.17, 15) is 0 Å². The highest BCUT2D eigenvalue weighted by Crippen LogP contribution is 2.56. The zero-order valence-corrected chi connectivity index (χ0v) is 38.5. The molecule has 0 fully saturated rings. The van der Waals surface area contributed by atoms with Crippen LogP contribution >= 0.6 is 0 Å². The maximum absolute atomic E-state index is 2.54. The van der Waals surface area contributed by atoms with Crippen molar-refractivity contribution >= 4 is 32.3 Å². The molecule has 1 unspecified atom stereocenters. The van der Waals surface area contributed by atoms with Gasteiger partial charge in [-0.15, -0.1) is 0 Å². The first-order valence-electron chi connectivity index (χ1n) is 24.3. The zero-order chi connectivity index (χ0) is 45.9. The van der Waals surface area contributed by atoms with E-state index in [4.69, 9.17) is 0 Å². The third-order valence-corrected chi connectivity index (χ3v) is 15.0. The summed E-state index contributed by atoms with van der Waals surface area (Å²) in [6, 6.07) is 97.1. The first kappa shape index (κ1) is 40.7. The highest BCUT2D eigenvalue weighted by atomic mass is 14.5. The lowest BCUT2D eigenvalue weighted by atomic mass is 9.69. The first-order chi connectivity index (χ1) is 34.2. The van der Waals surface area contributed by atoms with E-state index in [0.29, 0.717) is 0 Å². The molecule has 0 radical (unpaired) electrons. The topological polar surface area (TPSA) is 0 Å². The normalized spacial score (nSPS) is 14.0. The molecule has 0 saturated heterocycles. The van der Waals surface area contributed by atoms with Crippen LogP contribution in [0.4, 0.5) is 0 Å². The molecular weight excluding hydrogens is 829 g/mol. The quantitative estimate of drug-likeness (QED) is 0.133. The summed E-state index contributed by atoms with van der Waals surface area (Å²) in [6.07, 6.45) is 0.937. The van der Waals surface area contributed by atoms with Gasteiger partial charge in [-0.3, -0.25) is 0 Å². The van der Waals surface area contributed by atoms with Crippen LogP contribution in [0.5, 0.6) is 0 Å². The van der Waals surface area contributed by atoms with Crippen LogP contribution in [0.15, 0.2) is 261 Å². The van der Waals surface area contributed by atoms with Crippen LogP contribution < -0.4 is 0 Å². The van der Waals surface area contributed by atoms with Gasteiger partial charge in [-0.05, 0) is 164 Å². The molecule has 0 saturated carbocycles. The van der Waals surface area contributed by atoms with Crippen LogP contribution in [0.25, 0.3) is 110 Å². The fourth-order valence-corrected chi connectivity index (χ4v) is 11.9. The molecule has 1 aliphatic carbocycles. The Balaban J connectivity index is 1.01. The van der Waals surface area contributed by atoms with Crippen molar-refractivity contribution in [3.63, 3.8) is 0 Å². The van der Waals surface area contributed by atoms with Gasteiger partial charge in [-0.1, -0.05) is 237 Å². The molecule has 69 heavy (non-hydrogen) atoms. The van der Waals surface area contributed by atoms with Crippen molar-refractivity contribution in [3.05, 3.63) is 278 Å². The van der Waals surface area contributed by atoms with Crippen LogP contribution in [0, 0.1) is 0 Å². The highest BCUT2D eigenvalue weighted by Gasteiger charge is 2.43. The molecule has 12 aromatic carbocycles. The largest absolute Gasteiger partial charge is 0.0639 e. The van der Waals surface area contributed by atoms with Crippen LogP contribution in [0.1, 0.15) is 30.0 Å². The summed E-state index contributed by atoms with van der Waals surface area (Å²) in [4.78, 5) is 0. The van der Waals surface area contributed by atoms with E-state index >= 15 is 0 Å². The summed E-state index contributed by atoms with van der Waals surface area (Å²) in [7, 11) is 0. The number of benzene rings is 12. The molecule has 0 heteroatoms. The Morgan fingerprint density at radius 3 is 1.28 bits per heavy atom. The third kappa shape index (κ3) is 6.59. The van der Waals surface area contributed by atoms with Gasteiger partial charge in [0.15, 0.2) is 0 Å². The Labute approximate surface area is 404 Å². The van der Waals surface area contributed by atoms with E-state index in [1.54, 1.807) is 0 Å². The second kappa shape index (κ2) is 16.6. The predicted molar refractivity (Wildman–Crippen MR) is 294 cm³/mol. The van der Waals surface area contributed by atoms with E-state index < -0.39 is 0 Å². The second-order valence-electron chi connectivity index (χ2n) is 18.6. The van der Waals surface area contributed by atoms with Gasteiger partial charge in [0.05, 0.1) is 0 Å². The van der Waals surface area contributed by atoms with Gasteiger partial charge in [-0.25, -0.2) is 0 Å². The van der Waals surface area contributed by atoms with E-state index in [0.717, 1.165) is 6.42 Å². The van der Waals surface area contributed by atoms with Gasteiger partial charge in [0.2, 0.25) is 0 Å². The summed E-state index contributed by atoms with van der Waals surface area (Å²) < 4.78 is 0. The number of fused-ring (bicyclic) bond motifs is 6. The summed E-state index contributed by atoms with van der Waals surface area (Å²) in [5.74, 6) is 0. The Morgan fingerprint density at radius 2 is 0.681 bits per heavy atom. The van der Waals surface area contributed by atoms with Gasteiger partial charge in [0, 0.05) is 5.41 Å². The molecule has 1 atom stereocenters. The Kier molecular flexibility index (Phi) is 9.80. The van der Waals surface area contributed by atoms with Crippen LogP contribution in [-0.4, -0.2) is 0 Å².